The van der Waals surface area contributed by atoms with Crippen molar-refractivity contribution in [1.29, 1.82) is 5.26 Å². The van der Waals surface area contributed by atoms with E-state index in [1.807, 2.05) is 6.07 Å². The topological polar surface area (TPSA) is 82.0 Å². The molecule has 0 saturated carbocycles. The van der Waals surface area contributed by atoms with E-state index in [0.29, 0.717) is 18.0 Å². The van der Waals surface area contributed by atoms with Gasteiger partial charge in [-0.05, 0) is 62.5 Å². The van der Waals surface area contributed by atoms with Gasteiger partial charge >= 0.3 is 0 Å². The summed E-state index contributed by atoms with van der Waals surface area (Å²) in [4.78, 5) is 0.207. The molecule has 2 rings (SSSR count). The Morgan fingerprint density at radius 1 is 1.33 bits per heavy atom. The normalized spacial score (nSPS) is 18.5. The quantitative estimate of drug-likeness (QED) is 0.860. The van der Waals surface area contributed by atoms with E-state index >= 15 is 0 Å². The van der Waals surface area contributed by atoms with E-state index in [1.54, 1.807) is 0 Å². The van der Waals surface area contributed by atoms with E-state index in [1.165, 1.54) is 24.3 Å². The third-order valence-corrected chi connectivity index (χ3v) is 5.01. The number of hydrogen-bond acceptors (Lipinski definition) is 4. The van der Waals surface area contributed by atoms with Gasteiger partial charge in [0.25, 0.3) is 0 Å². The van der Waals surface area contributed by atoms with Crippen LogP contribution in [0, 0.1) is 17.2 Å². The highest BCUT2D eigenvalue weighted by atomic mass is 35.5. The van der Waals surface area contributed by atoms with Crippen molar-refractivity contribution in [3.8, 4) is 6.07 Å². The first-order valence-electron chi connectivity index (χ1n) is 6.82. The van der Waals surface area contributed by atoms with Crippen molar-refractivity contribution >= 4 is 22.4 Å². The Hall–Kier alpha value is -1.13. The van der Waals surface area contributed by atoms with Gasteiger partial charge in [0.1, 0.15) is 0 Å². The lowest BCUT2D eigenvalue weighted by Crippen LogP contribution is -2.33. The van der Waals surface area contributed by atoms with E-state index in [2.05, 4.69) is 10.0 Å². The summed E-state index contributed by atoms with van der Waals surface area (Å²) in [6.45, 7) is 2.49. The lowest BCUT2D eigenvalue weighted by molar-refractivity contribution is 0.358. The molecular weight excluding hydrogens is 310 g/mol. The van der Waals surface area contributed by atoms with Crippen LogP contribution in [0.15, 0.2) is 29.2 Å². The van der Waals surface area contributed by atoms with Gasteiger partial charge in [0, 0.05) is 6.54 Å². The van der Waals surface area contributed by atoms with Gasteiger partial charge in [-0.25, -0.2) is 13.1 Å². The van der Waals surface area contributed by atoms with Gasteiger partial charge in [0.05, 0.1) is 16.5 Å². The number of nitrogens with one attached hydrogen (secondary N) is 2. The van der Waals surface area contributed by atoms with Crippen LogP contribution in [0.2, 0.25) is 0 Å². The second kappa shape index (κ2) is 8.35. The van der Waals surface area contributed by atoms with E-state index < -0.39 is 10.0 Å². The molecule has 0 amide bonds. The van der Waals surface area contributed by atoms with Crippen molar-refractivity contribution in [1.82, 2.24) is 10.0 Å². The molecule has 0 aliphatic carbocycles. The molecule has 1 heterocycles. The molecule has 1 unspecified atom stereocenters. The minimum absolute atomic E-state index is 0. The predicted molar refractivity (Wildman–Crippen MR) is 83.8 cm³/mol. The molecule has 1 aliphatic rings. The number of benzene rings is 1. The zero-order valence-electron chi connectivity index (χ0n) is 11.7. The second-order valence-corrected chi connectivity index (χ2v) is 6.80. The minimum atomic E-state index is -3.47. The molecule has 21 heavy (non-hydrogen) atoms. The first-order valence-corrected chi connectivity index (χ1v) is 8.31. The highest BCUT2D eigenvalue weighted by molar-refractivity contribution is 7.89. The summed E-state index contributed by atoms with van der Waals surface area (Å²) in [5.74, 6) is 0.549. The fraction of sp³-hybridized carbons (Fsp3) is 0.500. The van der Waals surface area contributed by atoms with Gasteiger partial charge in [-0.2, -0.15) is 5.26 Å². The van der Waals surface area contributed by atoms with Crippen LogP contribution >= 0.6 is 12.4 Å². The number of piperidine rings is 1. The van der Waals surface area contributed by atoms with Gasteiger partial charge in [-0.15, -0.1) is 12.4 Å². The smallest absolute Gasteiger partial charge is 0.240 e. The number of sulfonamides is 1. The highest BCUT2D eigenvalue weighted by Crippen LogP contribution is 2.14. The molecule has 0 aromatic heterocycles. The van der Waals surface area contributed by atoms with Crippen LogP contribution in [-0.4, -0.2) is 28.1 Å². The van der Waals surface area contributed by atoms with Crippen molar-refractivity contribution in [2.45, 2.75) is 24.2 Å². The average Bonchev–Trinajstić information content (AvgIpc) is 2.48. The summed E-state index contributed by atoms with van der Waals surface area (Å²) in [5, 5.41) is 12.0. The summed E-state index contributed by atoms with van der Waals surface area (Å²) in [7, 11) is -3.47. The molecule has 1 aromatic rings. The summed E-state index contributed by atoms with van der Waals surface area (Å²) in [6, 6.07) is 7.92. The van der Waals surface area contributed by atoms with Crippen LogP contribution in [0.25, 0.3) is 0 Å². The number of nitriles is 1. The fourth-order valence-electron chi connectivity index (χ4n) is 2.36. The first-order chi connectivity index (χ1) is 9.62. The van der Waals surface area contributed by atoms with Crippen molar-refractivity contribution in [2.75, 3.05) is 19.6 Å². The number of nitrogens with zero attached hydrogens (tertiary/aromatic N) is 1. The third kappa shape index (κ3) is 5.29. The molecule has 2 N–H and O–H groups in total. The van der Waals surface area contributed by atoms with Crippen molar-refractivity contribution in [2.24, 2.45) is 5.92 Å². The molecule has 0 bridgehead atoms. The van der Waals surface area contributed by atoms with Crippen molar-refractivity contribution < 1.29 is 8.42 Å². The van der Waals surface area contributed by atoms with Crippen LogP contribution in [0.1, 0.15) is 24.8 Å². The standard InChI is InChI=1S/C14H19N3O2S.ClH/c15-10-12-3-5-14(6-4-12)20(18,19)17-9-7-13-2-1-8-16-11-13;/h3-6,13,16-17H,1-2,7-9,11H2;1H. The molecule has 1 aliphatic heterocycles. The molecule has 1 aromatic carbocycles. The molecular formula is C14H20ClN3O2S. The van der Waals surface area contributed by atoms with Crippen LogP contribution in [0.5, 0.6) is 0 Å². The summed E-state index contributed by atoms with van der Waals surface area (Å²) in [5.41, 5.74) is 0.456. The first kappa shape index (κ1) is 17.9. The lowest BCUT2D eigenvalue weighted by Gasteiger charge is -2.22. The highest BCUT2D eigenvalue weighted by Gasteiger charge is 2.16. The third-order valence-electron chi connectivity index (χ3n) is 3.54. The largest absolute Gasteiger partial charge is 0.316 e. The SMILES string of the molecule is Cl.N#Cc1ccc(S(=O)(=O)NCCC2CCCNC2)cc1. The maximum absolute atomic E-state index is 12.1. The predicted octanol–water partition coefficient (Wildman–Crippen LogP) is 1.65. The average molecular weight is 330 g/mol. The van der Waals surface area contributed by atoms with Crippen LogP contribution in [0.3, 0.4) is 0 Å². The summed E-state index contributed by atoms with van der Waals surface area (Å²) in [6.07, 6.45) is 3.17. The van der Waals surface area contributed by atoms with Crippen molar-refractivity contribution in [3.05, 3.63) is 29.8 Å². The van der Waals surface area contributed by atoms with Gasteiger partial charge < -0.3 is 5.32 Å². The fourth-order valence-corrected chi connectivity index (χ4v) is 3.41. The Balaban J connectivity index is 0.00000220. The van der Waals surface area contributed by atoms with Gasteiger partial charge in [0.15, 0.2) is 0 Å². The molecule has 116 valence electrons. The van der Waals surface area contributed by atoms with E-state index in [-0.39, 0.29) is 17.3 Å². The number of halogens is 1. The second-order valence-electron chi connectivity index (χ2n) is 5.04. The summed E-state index contributed by atoms with van der Waals surface area (Å²) >= 11 is 0. The Morgan fingerprint density at radius 2 is 2.05 bits per heavy atom. The minimum Gasteiger partial charge on any atom is -0.316 e. The zero-order chi connectivity index (χ0) is 14.4. The van der Waals surface area contributed by atoms with Gasteiger partial charge in [-0.1, -0.05) is 0 Å². The van der Waals surface area contributed by atoms with Crippen LogP contribution in [0.4, 0.5) is 0 Å². The Kier molecular flexibility index (Phi) is 7.12. The molecule has 5 nitrogen and oxygen atoms in total. The molecule has 7 heteroatoms. The van der Waals surface area contributed by atoms with E-state index in [9.17, 15) is 8.42 Å². The molecule has 1 atom stereocenters. The van der Waals surface area contributed by atoms with Gasteiger partial charge in [-0.3, -0.25) is 0 Å². The van der Waals surface area contributed by atoms with E-state index in [4.69, 9.17) is 5.26 Å². The van der Waals surface area contributed by atoms with Crippen LogP contribution in [-0.2, 0) is 10.0 Å². The number of rotatable bonds is 5. The van der Waals surface area contributed by atoms with E-state index in [0.717, 1.165) is 32.4 Å². The Bertz CT molecular complexity index is 575. The Labute approximate surface area is 132 Å². The van der Waals surface area contributed by atoms with Gasteiger partial charge in [0.2, 0.25) is 10.0 Å². The molecule has 0 spiro atoms. The molecule has 1 saturated heterocycles. The molecule has 1 fully saturated rings. The van der Waals surface area contributed by atoms with Crippen molar-refractivity contribution in [3.63, 3.8) is 0 Å². The Morgan fingerprint density at radius 3 is 2.62 bits per heavy atom. The maximum Gasteiger partial charge on any atom is 0.240 e. The maximum atomic E-state index is 12.1. The van der Waals surface area contributed by atoms with Crippen LogP contribution < -0.4 is 10.0 Å². The lowest BCUT2D eigenvalue weighted by atomic mass is 9.96. The monoisotopic (exact) mass is 329 g/mol. The summed E-state index contributed by atoms with van der Waals surface area (Å²) < 4.78 is 26.7. The zero-order valence-corrected chi connectivity index (χ0v) is 13.3. The number of hydrogen-bond donors (Lipinski definition) is 2. The molecule has 0 radical (unpaired) electrons.